The highest BCUT2D eigenvalue weighted by atomic mass is 32.2. The first kappa shape index (κ1) is 27.9. The van der Waals surface area contributed by atoms with Crippen molar-refractivity contribution in [2.75, 3.05) is 51.3 Å². The molecule has 0 N–H and O–H groups in total. The second-order valence-corrected chi connectivity index (χ2v) is 11.6. The number of nitrogens with zero attached hydrogens (tertiary/aromatic N) is 4. The summed E-state index contributed by atoms with van der Waals surface area (Å²) in [5.74, 6) is -0.0776. The SMILES string of the molecule is CCOC(=O)N(CCCN1CCC(CN(C)S(=O)(=O)c2cccc3cnccc23)CC1)c1ccc(F)cc1. The molecule has 1 aromatic heterocycles. The van der Waals surface area contributed by atoms with Crippen LogP contribution in [0.2, 0.25) is 0 Å². The van der Waals surface area contributed by atoms with E-state index in [1.807, 2.05) is 6.07 Å². The highest BCUT2D eigenvalue weighted by Gasteiger charge is 2.28. The number of piperidine rings is 1. The van der Waals surface area contributed by atoms with Crippen molar-refractivity contribution < 1.29 is 22.3 Å². The van der Waals surface area contributed by atoms with Crippen LogP contribution in [0, 0.1) is 11.7 Å². The Labute approximate surface area is 224 Å². The molecule has 1 amide bonds. The van der Waals surface area contributed by atoms with Crippen LogP contribution in [-0.4, -0.2) is 75.1 Å². The van der Waals surface area contributed by atoms with Crippen molar-refractivity contribution in [1.82, 2.24) is 14.2 Å². The van der Waals surface area contributed by atoms with Crippen LogP contribution in [0.3, 0.4) is 0 Å². The molecule has 0 aliphatic carbocycles. The van der Waals surface area contributed by atoms with E-state index >= 15 is 0 Å². The molecule has 0 radical (unpaired) electrons. The van der Waals surface area contributed by atoms with Gasteiger partial charge >= 0.3 is 6.09 Å². The molecule has 204 valence electrons. The number of carbonyl (C=O) groups is 1. The van der Waals surface area contributed by atoms with E-state index in [1.165, 1.54) is 16.4 Å². The number of ether oxygens (including phenoxy) is 1. The Balaban J connectivity index is 1.28. The Bertz CT molecular complexity index is 1320. The normalized spacial score (nSPS) is 15.2. The molecule has 1 saturated heterocycles. The Morgan fingerprint density at radius 2 is 1.87 bits per heavy atom. The van der Waals surface area contributed by atoms with Crippen LogP contribution in [0.5, 0.6) is 0 Å². The lowest BCUT2D eigenvalue weighted by Crippen LogP contribution is -2.41. The monoisotopic (exact) mass is 542 g/mol. The first-order chi connectivity index (χ1) is 18.3. The van der Waals surface area contributed by atoms with Crippen LogP contribution in [0.1, 0.15) is 26.2 Å². The number of hydrogen-bond donors (Lipinski definition) is 0. The van der Waals surface area contributed by atoms with E-state index in [-0.39, 0.29) is 18.3 Å². The van der Waals surface area contributed by atoms with Gasteiger partial charge in [0.1, 0.15) is 5.82 Å². The maximum absolute atomic E-state index is 13.4. The van der Waals surface area contributed by atoms with E-state index in [4.69, 9.17) is 4.74 Å². The lowest BCUT2D eigenvalue weighted by Gasteiger charge is -2.34. The van der Waals surface area contributed by atoms with E-state index < -0.39 is 16.1 Å². The molecule has 1 fully saturated rings. The number of likely N-dealkylation sites (tertiary alicyclic amines) is 1. The first-order valence-corrected chi connectivity index (χ1v) is 14.4. The number of sulfonamides is 1. The molecule has 0 bridgehead atoms. The van der Waals surface area contributed by atoms with E-state index in [9.17, 15) is 17.6 Å². The minimum Gasteiger partial charge on any atom is -0.449 e. The number of hydrogen-bond acceptors (Lipinski definition) is 6. The maximum atomic E-state index is 13.4. The summed E-state index contributed by atoms with van der Waals surface area (Å²) >= 11 is 0. The standard InChI is InChI=1S/C28H35FN4O4S/c1-3-37-28(34)33(25-10-8-24(29)9-11-25)17-5-16-32-18-13-22(14-19-32)21-31(2)38(35,36)27-7-4-6-23-20-30-15-12-26(23)27/h4,6-12,15,20,22H,3,5,13-14,16-19,21H2,1-2H3. The van der Waals surface area contributed by atoms with Gasteiger partial charge < -0.3 is 9.64 Å². The van der Waals surface area contributed by atoms with Crippen LogP contribution in [0.15, 0.2) is 65.8 Å². The largest absolute Gasteiger partial charge is 0.449 e. The van der Waals surface area contributed by atoms with E-state index in [0.717, 1.165) is 44.3 Å². The van der Waals surface area contributed by atoms with Crippen LogP contribution in [0.25, 0.3) is 10.8 Å². The summed E-state index contributed by atoms with van der Waals surface area (Å²) in [6.45, 7) is 5.51. The van der Waals surface area contributed by atoms with Crippen LogP contribution >= 0.6 is 0 Å². The Kier molecular flexibility index (Phi) is 9.30. The zero-order valence-corrected chi connectivity index (χ0v) is 22.7. The molecule has 10 heteroatoms. The van der Waals surface area contributed by atoms with Gasteiger partial charge in [-0.2, -0.15) is 0 Å². The zero-order valence-electron chi connectivity index (χ0n) is 21.9. The number of benzene rings is 2. The van der Waals surface area contributed by atoms with Crippen molar-refractivity contribution in [2.45, 2.75) is 31.1 Å². The van der Waals surface area contributed by atoms with Crippen molar-refractivity contribution in [1.29, 1.82) is 0 Å². The third-order valence-electron chi connectivity index (χ3n) is 7.03. The number of pyridine rings is 1. The Morgan fingerprint density at radius 1 is 1.13 bits per heavy atom. The number of fused-ring (bicyclic) bond motifs is 1. The summed E-state index contributed by atoms with van der Waals surface area (Å²) in [6, 6.07) is 12.8. The van der Waals surface area contributed by atoms with Crippen molar-refractivity contribution in [2.24, 2.45) is 5.92 Å². The number of halogens is 1. The average Bonchev–Trinajstić information content (AvgIpc) is 2.92. The fourth-order valence-electron chi connectivity index (χ4n) is 4.94. The smallest absolute Gasteiger partial charge is 0.414 e. The Hall–Kier alpha value is -3.08. The van der Waals surface area contributed by atoms with Gasteiger partial charge in [-0.3, -0.25) is 9.88 Å². The van der Waals surface area contributed by atoms with Crippen molar-refractivity contribution in [3.05, 3.63) is 66.7 Å². The number of anilines is 1. The summed E-state index contributed by atoms with van der Waals surface area (Å²) in [4.78, 5) is 20.7. The van der Waals surface area contributed by atoms with Gasteiger partial charge in [0, 0.05) is 49.0 Å². The van der Waals surface area contributed by atoms with Crippen molar-refractivity contribution in [3.8, 4) is 0 Å². The minimum absolute atomic E-state index is 0.270. The maximum Gasteiger partial charge on any atom is 0.414 e. The predicted molar refractivity (Wildman–Crippen MR) is 146 cm³/mol. The first-order valence-electron chi connectivity index (χ1n) is 13.0. The average molecular weight is 543 g/mol. The summed E-state index contributed by atoms with van der Waals surface area (Å²) in [6.07, 6.45) is 5.39. The topological polar surface area (TPSA) is 83.0 Å². The molecule has 38 heavy (non-hydrogen) atoms. The summed E-state index contributed by atoms with van der Waals surface area (Å²) in [5.41, 5.74) is 0.607. The van der Waals surface area contributed by atoms with Gasteiger partial charge in [-0.15, -0.1) is 0 Å². The third-order valence-corrected chi connectivity index (χ3v) is 8.92. The summed E-state index contributed by atoms with van der Waals surface area (Å²) in [7, 11) is -1.97. The van der Waals surface area contributed by atoms with Gasteiger partial charge in [-0.05, 0) is 88.1 Å². The van der Waals surface area contributed by atoms with E-state index in [0.29, 0.717) is 29.1 Å². The molecule has 8 nitrogen and oxygen atoms in total. The molecule has 3 aromatic rings. The Morgan fingerprint density at radius 3 is 2.58 bits per heavy atom. The highest BCUT2D eigenvalue weighted by molar-refractivity contribution is 7.89. The molecular weight excluding hydrogens is 507 g/mol. The van der Waals surface area contributed by atoms with Crippen molar-refractivity contribution >= 4 is 32.6 Å². The van der Waals surface area contributed by atoms with Crippen LogP contribution in [-0.2, 0) is 14.8 Å². The van der Waals surface area contributed by atoms with Gasteiger partial charge in [0.15, 0.2) is 0 Å². The second kappa shape index (κ2) is 12.6. The van der Waals surface area contributed by atoms with Crippen LogP contribution in [0.4, 0.5) is 14.9 Å². The molecule has 1 aliphatic heterocycles. The number of rotatable bonds is 10. The molecule has 0 saturated carbocycles. The van der Waals surface area contributed by atoms with Gasteiger partial charge in [-0.1, -0.05) is 12.1 Å². The number of aromatic nitrogens is 1. The number of carbonyl (C=O) groups excluding carboxylic acids is 1. The molecule has 0 unspecified atom stereocenters. The molecule has 0 spiro atoms. The second-order valence-electron chi connectivity index (χ2n) is 9.60. The van der Waals surface area contributed by atoms with E-state index in [1.54, 1.807) is 61.6 Å². The predicted octanol–water partition coefficient (Wildman–Crippen LogP) is 4.76. The van der Waals surface area contributed by atoms with Gasteiger partial charge in [0.25, 0.3) is 0 Å². The fourth-order valence-corrected chi connectivity index (χ4v) is 6.40. The molecule has 2 heterocycles. The molecule has 0 atom stereocenters. The van der Waals surface area contributed by atoms with Crippen LogP contribution < -0.4 is 4.90 Å². The molecule has 2 aromatic carbocycles. The lowest BCUT2D eigenvalue weighted by molar-refractivity contribution is 0.156. The fraction of sp³-hybridized carbons (Fsp3) is 0.429. The van der Waals surface area contributed by atoms with E-state index in [2.05, 4.69) is 9.88 Å². The molecular formula is C28H35FN4O4S. The quantitative estimate of drug-likeness (QED) is 0.367. The molecule has 4 rings (SSSR count). The lowest BCUT2D eigenvalue weighted by atomic mass is 9.97. The molecule has 1 aliphatic rings. The van der Waals surface area contributed by atoms with Gasteiger partial charge in [-0.25, -0.2) is 21.9 Å². The summed E-state index contributed by atoms with van der Waals surface area (Å²) in [5, 5.41) is 1.48. The third kappa shape index (κ3) is 6.67. The van der Waals surface area contributed by atoms with Crippen molar-refractivity contribution in [3.63, 3.8) is 0 Å². The number of amides is 1. The zero-order chi connectivity index (χ0) is 27.1. The van der Waals surface area contributed by atoms with Gasteiger partial charge in [0.2, 0.25) is 10.0 Å². The summed E-state index contributed by atoms with van der Waals surface area (Å²) < 4.78 is 46.7. The minimum atomic E-state index is -3.63. The highest BCUT2D eigenvalue weighted by Crippen LogP contribution is 2.27. The van der Waals surface area contributed by atoms with Gasteiger partial charge in [0.05, 0.1) is 11.5 Å².